The molecule has 0 aliphatic carbocycles. The molecule has 2 bridgehead atoms. The third kappa shape index (κ3) is 3.54. The Balaban J connectivity index is 1.85. The molecule has 3 N–H and O–H groups in total. The van der Waals surface area contributed by atoms with Crippen LogP contribution in [0.25, 0.3) is 0 Å². The number of unbranched alkanes of at least 4 members (excludes halogenated alkanes) is 3. The molecule has 0 saturated carbocycles. The van der Waals surface area contributed by atoms with E-state index in [0.29, 0.717) is 19.5 Å². The summed E-state index contributed by atoms with van der Waals surface area (Å²) in [6.45, 7) is 3.34. The SMILES string of the molecule is CCCCNC(=O)C1N(CCCCCO)C(=O)[C@@H]2[C@@H](C(=O)NC)[C@H]3CCC12S3. The fraction of sp³-hybridized carbons (Fsp3) is 0.850. The Labute approximate surface area is 171 Å². The minimum absolute atomic E-state index is 0.0389. The first-order valence-corrected chi connectivity index (χ1v) is 11.5. The smallest absolute Gasteiger partial charge is 0.244 e. The second-order valence-electron chi connectivity index (χ2n) is 8.13. The van der Waals surface area contributed by atoms with Crippen molar-refractivity contribution in [2.45, 2.75) is 67.9 Å². The predicted molar refractivity (Wildman–Crippen MR) is 109 cm³/mol. The van der Waals surface area contributed by atoms with Gasteiger partial charge >= 0.3 is 0 Å². The Morgan fingerprint density at radius 2 is 2.04 bits per heavy atom. The fourth-order valence-corrected chi connectivity index (χ4v) is 7.44. The van der Waals surface area contributed by atoms with Crippen molar-refractivity contribution in [3.05, 3.63) is 0 Å². The van der Waals surface area contributed by atoms with Gasteiger partial charge in [0, 0.05) is 32.0 Å². The van der Waals surface area contributed by atoms with E-state index in [1.807, 2.05) is 0 Å². The van der Waals surface area contributed by atoms with Gasteiger partial charge in [0.05, 0.1) is 16.6 Å². The largest absolute Gasteiger partial charge is 0.396 e. The summed E-state index contributed by atoms with van der Waals surface area (Å²) in [7, 11) is 1.62. The van der Waals surface area contributed by atoms with E-state index < -0.39 is 16.7 Å². The van der Waals surface area contributed by atoms with Gasteiger partial charge in [0.2, 0.25) is 17.7 Å². The standard InChI is InChI=1S/C20H33N3O4S/c1-3-4-10-22-18(26)16-20-9-8-13(28-20)14(17(25)21-2)15(20)19(27)23(16)11-6-5-7-12-24/h13-16,24H,3-12H2,1-2H3,(H,21,25)(H,22,26)/t13-,14+,15+,16?,20?/m1/s1. The number of nitrogens with zero attached hydrogens (tertiary/aromatic N) is 1. The lowest BCUT2D eigenvalue weighted by Gasteiger charge is -2.34. The zero-order chi connectivity index (χ0) is 20.3. The van der Waals surface area contributed by atoms with Crippen LogP contribution in [0.3, 0.4) is 0 Å². The van der Waals surface area contributed by atoms with Crippen LogP contribution in [0.1, 0.15) is 51.9 Å². The summed E-state index contributed by atoms with van der Waals surface area (Å²) in [6.07, 6.45) is 5.87. The maximum absolute atomic E-state index is 13.4. The maximum Gasteiger partial charge on any atom is 0.244 e. The first-order valence-electron chi connectivity index (χ1n) is 10.6. The van der Waals surface area contributed by atoms with Crippen LogP contribution in [0.15, 0.2) is 0 Å². The van der Waals surface area contributed by atoms with E-state index in [9.17, 15) is 14.4 Å². The molecule has 3 saturated heterocycles. The number of hydrogen-bond acceptors (Lipinski definition) is 5. The third-order valence-electron chi connectivity index (χ3n) is 6.48. The van der Waals surface area contributed by atoms with Crippen molar-refractivity contribution in [3.8, 4) is 0 Å². The van der Waals surface area contributed by atoms with E-state index >= 15 is 0 Å². The highest BCUT2D eigenvalue weighted by Gasteiger charge is 2.73. The van der Waals surface area contributed by atoms with Gasteiger partial charge in [0.15, 0.2) is 0 Å². The molecule has 1 spiro atoms. The number of carbonyl (C=O) groups excluding carboxylic acids is 3. The van der Waals surface area contributed by atoms with Gasteiger partial charge in [-0.25, -0.2) is 0 Å². The molecule has 0 aromatic carbocycles. The van der Waals surface area contributed by atoms with Crippen molar-refractivity contribution in [1.82, 2.24) is 15.5 Å². The van der Waals surface area contributed by atoms with Crippen LogP contribution in [-0.2, 0) is 14.4 Å². The molecule has 3 rings (SSSR count). The highest BCUT2D eigenvalue weighted by molar-refractivity contribution is 8.02. The highest BCUT2D eigenvalue weighted by Crippen LogP contribution is 2.66. The molecule has 7 nitrogen and oxygen atoms in total. The number of rotatable bonds is 10. The average molecular weight is 412 g/mol. The summed E-state index contributed by atoms with van der Waals surface area (Å²) in [5.41, 5.74) is 0. The monoisotopic (exact) mass is 411 g/mol. The summed E-state index contributed by atoms with van der Waals surface area (Å²) < 4.78 is -0.480. The van der Waals surface area contributed by atoms with Crippen LogP contribution < -0.4 is 10.6 Å². The van der Waals surface area contributed by atoms with Gasteiger partial charge in [0.1, 0.15) is 6.04 Å². The van der Waals surface area contributed by atoms with Crippen LogP contribution in [0, 0.1) is 11.8 Å². The normalized spacial score (nSPS) is 33.2. The third-order valence-corrected chi connectivity index (χ3v) is 8.44. The van der Waals surface area contributed by atoms with E-state index in [1.54, 1.807) is 23.7 Å². The lowest BCUT2D eigenvalue weighted by molar-refractivity contribution is -0.140. The van der Waals surface area contributed by atoms with E-state index in [1.165, 1.54) is 0 Å². The zero-order valence-corrected chi connectivity index (χ0v) is 17.7. The van der Waals surface area contributed by atoms with Crippen LogP contribution in [0.5, 0.6) is 0 Å². The van der Waals surface area contributed by atoms with Crippen molar-refractivity contribution < 1.29 is 19.5 Å². The Kier molecular flexibility index (Phi) is 6.91. The quantitative estimate of drug-likeness (QED) is 0.464. The number of hydrogen-bond donors (Lipinski definition) is 3. The van der Waals surface area contributed by atoms with Crippen molar-refractivity contribution in [3.63, 3.8) is 0 Å². The molecule has 0 aromatic heterocycles. The molecule has 8 heteroatoms. The minimum atomic E-state index is -0.499. The van der Waals surface area contributed by atoms with Gasteiger partial charge in [0.25, 0.3) is 0 Å². The van der Waals surface area contributed by atoms with E-state index in [2.05, 4.69) is 17.6 Å². The minimum Gasteiger partial charge on any atom is -0.396 e. The number of thioether (sulfide) groups is 1. The van der Waals surface area contributed by atoms with Crippen molar-refractivity contribution in [2.75, 3.05) is 26.7 Å². The lowest BCUT2D eigenvalue weighted by Crippen LogP contribution is -2.53. The number of fused-ring (bicyclic) bond motifs is 1. The second-order valence-corrected chi connectivity index (χ2v) is 9.73. The Bertz CT molecular complexity index is 616. The molecular formula is C20H33N3O4S. The number of likely N-dealkylation sites (tertiary alicyclic amines) is 1. The molecule has 2 unspecified atom stereocenters. The average Bonchev–Trinajstić information content (AvgIpc) is 3.32. The summed E-state index contributed by atoms with van der Waals surface area (Å²) in [6, 6.07) is -0.499. The van der Waals surface area contributed by atoms with E-state index in [-0.39, 0.29) is 35.5 Å². The number of nitrogens with one attached hydrogen (secondary N) is 2. The lowest BCUT2D eigenvalue weighted by atomic mass is 9.71. The molecule has 3 aliphatic rings. The Morgan fingerprint density at radius 1 is 1.25 bits per heavy atom. The Hall–Kier alpha value is -1.28. The summed E-state index contributed by atoms with van der Waals surface area (Å²) in [4.78, 5) is 40.9. The molecule has 5 atom stereocenters. The van der Waals surface area contributed by atoms with E-state index in [4.69, 9.17) is 5.11 Å². The first-order chi connectivity index (χ1) is 13.5. The van der Waals surface area contributed by atoms with Crippen molar-refractivity contribution in [2.24, 2.45) is 11.8 Å². The molecule has 3 heterocycles. The highest BCUT2D eigenvalue weighted by atomic mass is 32.2. The van der Waals surface area contributed by atoms with Crippen molar-refractivity contribution in [1.29, 1.82) is 0 Å². The van der Waals surface area contributed by atoms with Gasteiger partial charge in [-0.15, -0.1) is 11.8 Å². The summed E-state index contributed by atoms with van der Waals surface area (Å²) in [5, 5.41) is 14.9. The van der Waals surface area contributed by atoms with E-state index in [0.717, 1.165) is 38.5 Å². The molecule has 28 heavy (non-hydrogen) atoms. The maximum atomic E-state index is 13.4. The topological polar surface area (TPSA) is 98.7 Å². The van der Waals surface area contributed by atoms with Crippen molar-refractivity contribution >= 4 is 29.5 Å². The second kappa shape index (κ2) is 9.03. The summed E-state index contributed by atoms with van der Waals surface area (Å²) in [5.74, 6) is -0.939. The Morgan fingerprint density at radius 3 is 2.71 bits per heavy atom. The molecule has 3 aliphatic heterocycles. The molecule has 0 aromatic rings. The van der Waals surface area contributed by atoms with Crippen LogP contribution in [0.2, 0.25) is 0 Å². The first kappa shape index (κ1) is 21.4. The number of carbonyl (C=O) groups is 3. The molecule has 0 radical (unpaired) electrons. The molecular weight excluding hydrogens is 378 g/mol. The fourth-order valence-electron chi connectivity index (χ4n) is 5.22. The van der Waals surface area contributed by atoms with Gasteiger partial charge < -0.3 is 20.6 Å². The van der Waals surface area contributed by atoms with Gasteiger partial charge in [-0.1, -0.05) is 13.3 Å². The zero-order valence-electron chi connectivity index (χ0n) is 16.9. The molecule has 3 amide bonds. The van der Waals surface area contributed by atoms with Crippen LogP contribution in [-0.4, -0.2) is 70.5 Å². The van der Waals surface area contributed by atoms with Gasteiger partial charge in [-0.3, -0.25) is 14.4 Å². The summed E-state index contributed by atoms with van der Waals surface area (Å²) >= 11 is 1.70. The van der Waals surface area contributed by atoms with Crippen LogP contribution in [0.4, 0.5) is 0 Å². The van der Waals surface area contributed by atoms with Crippen LogP contribution >= 0.6 is 11.8 Å². The number of amides is 3. The predicted octanol–water partition coefficient (Wildman–Crippen LogP) is 0.903. The van der Waals surface area contributed by atoms with Gasteiger partial charge in [-0.2, -0.15) is 0 Å². The van der Waals surface area contributed by atoms with Gasteiger partial charge in [-0.05, 0) is 38.5 Å². The molecule has 158 valence electrons. The number of aliphatic hydroxyl groups excluding tert-OH is 1. The molecule has 3 fully saturated rings. The number of aliphatic hydroxyl groups is 1.